The van der Waals surface area contributed by atoms with Crippen molar-refractivity contribution < 1.29 is 31.7 Å². The number of anilines is 1. The van der Waals surface area contributed by atoms with Crippen LogP contribution < -0.4 is 10.6 Å². The molecule has 9 nitrogen and oxygen atoms in total. The van der Waals surface area contributed by atoms with Gasteiger partial charge in [-0.05, 0) is 18.2 Å². The van der Waals surface area contributed by atoms with Gasteiger partial charge in [0.05, 0.1) is 16.4 Å². The lowest BCUT2D eigenvalue weighted by Crippen LogP contribution is -2.33. The summed E-state index contributed by atoms with van der Waals surface area (Å²) < 4.78 is 49.2. The Balaban J connectivity index is 2.11. The second kappa shape index (κ2) is 8.08. The minimum absolute atomic E-state index is 0.0483. The summed E-state index contributed by atoms with van der Waals surface area (Å²) in [5, 5.41) is 15.3. The van der Waals surface area contributed by atoms with E-state index in [1.54, 1.807) is 0 Å². The zero-order chi connectivity index (χ0) is 21.1. The van der Waals surface area contributed by atoms with Crippen molar-refractivity contribution in [1.29, 1.82) is 0 Å². The van der Waals surface area contributed by atoms with E-state index >= 15 is 0 Å². The number of sulfone groups is 1. The fourth-order valence-electron chi connectivity index (χ4n) is 2.08. The van der Waals surface area contributed by atoms with Crippen LogP contribution >= 0.6 is 0 Å². The largest absolute Gasteiger partial charge is 0.343 e. The van der Waals surface area contributed by atoms with Gasteiger partial charge in [0.2, 0.25) is 5.91 Å². The first kappa shape index (κ1) is 20.9. The van der Waals surface area contributed by atoms with Gasteiger partial charge in [0.25, 0.3) is 11.6 Å². The first-order valence-electron chi connectivity index (χ1n) is 7.50. The van der Waals surface area contributed by atoms with Crippen LogP contribution in [0.2, 0.25) is 0 Å². The molecule has 2 rings (SSSR count). The van der Waals surface area contributed by atoms with E-state index in [2.05, 4.69) is 10.6 Å². The Bertz CT molecular complexity index is 1070. The molecule has 0 heterocycles. The molecular weight excluding hydrogens is 400 g/mol. The number of carbonyl (C=O) groups excluding carboxylic acids is 2. The van der Waals surface area contributed by atoms with Crippen molar-refractivity contribution in [3.05, 3.63) is 63.7 Å². The molecule has 0 atom stereocenters. The molecule has 0 aromatic heterocycles. The van der Waals surface area contributed by atoms with Gasteiger partial charge in [0, 0.05) is 35.7 Å². The molecule has 0 saturated carbocycles. The molecule has 148 valence electrons. The second-order valence-corrected chi connectivity index (χ2v) is 7.62. The van der Waals surface area contributed by atoms with Crippen LogP contribution in [-0.4, -0.2) is 38.0 Å². The Morgan fingerprint density at radius 1 is 1.11 bits per heavy atom. The lowest BCUT2D eigenvalue weighted by atomic mass is 10.2. The van der Waals surface area contributed by atoms with Gasteiger partial charge in [0.1, 0.15) is 0 Å². The number of hydrogen-bond acceptors (Lipinski definition) is 6. The smallest absolute Gasteiger partial charge is 0.271 e. The van der Waals surface area contributed by atoms with Gasteiger partial charge in [-0.15, -0.1) is 0 Å². The van der Waals surface area contributed by atoms with Crippen molar-refractivity contribution in [3.63, 3.8) is 0 Å². The van der Waals surface area contributed by atoms with E-state index in [0.717, 1.165) is 42.7 Å². The topological polar surface area (TPSA) is 135 Å². The highest BCUT2D eigenvalue weighted by atomic mass is 32.2. The van der Waals surface area contributed by atoms with E-state index in [4.69, 9.17) is 0 Å². The average molecular weight is 413 g/mol. The van der Waals surface area contributed by atoms with Crippen LogP contribution in [-0.2, 0) is 14.6 Å². The zero-order valence-electron chi connectivity index (χ0n) is 14.2. The van der Waals surface area contributed by atoms with E-state index in [9.17, 15) is 36.9 Å². The standard InChI is InChI=1S/C16H13F2N3O6S/c1-28(26,27)12-5-9(4-11(7-12)21(24)25)16(23)19-8-15(22)20-10-2-3-13(17)14(18)6-10/h2-7H,8H2,1H3,(H,19,23)(H,20,22). The second-order valence-electron chi connectivity index (χ2n) is 5.60. The zero-order valence-corrected chi connectivity index (χ0v) is 15.0. The minimum atomic E-state index is -3.82. The van der Waals surface area contributed by atoms with Gasteiger partial charge in [0.15, 0.2) is 21.5 Å². The van der Waals surface area contributed by atoms with E-state index < -0.39 is 55.3 Å². The van der Waals surface area contributed by atoms with Crippen LogP contribution in [0.25, 0.3) is 0 Å². The quantitative estimate of drug-likeness (QED) is 0.546. The summed E-state index contributed by atoms with van der Waals surface area (Å²) in [6.07, 6.45) is 0.822. The molecule has 0 unspecified atom stereocenters. The number of nitro benzene ring substituents is 1. The number of carbonyl (C=O) groups is 2. The fourth-order valence-corrected chi connectivity index (χ4v) is 2.75. The molecule has 0 saturated heterocycles. The number of rotatable bonds is 6. The van der Waals surface area contributed by atoms with Gasteiger partial charge in [-0.25, -0.2) is 17.2 Å². The number of non-ortho nitro benzene ring substituents is 1. The molecule has 0 aliphatic heterocycles. The Hall–Kier alpha value is -3.41. The number of amides is 2. The molecule has 2 aromatic carbocycles. The summed E-state index contributed by atoms with van der Waals surface area (Å²) in [7, 11) is -3.82. The molecule has 0 bridgehead atoms. The number of hydrogen-bond donors (Lipinski definition) is 2. The van der Waals surface area contributed by atoms with Crippen LogP contribution in [0, 0.1) is 21.7 Å². The molecule has 2 aromatic rings. The van der Waals surface area contributed by atoms with Crippen LogP contribution in [0.5, 0.6) is 0 Å². The van der Waals surface area contributed by atoms with Crippen molar-refractivity contribution >= 4 is 33.0 Å². The SMILES string of the molecule is CS(=O)(=O)c1cc(C(=O)NCC(=O)Nc2ccc(F)c(F)c2)cc([N+](=O)[O-])c1. The van der Waals surface area contributed by atoms with E-state index in [0.29, 0.717) is 0 Å². The molecule has 0 fully saturated rings. The number of nitrogens with one attached hydrogen (secondary N) is 2. The van der Waals surface area contributed by atoms with Crippen molar-refractivity contribution in [2.24, 2.45) is 0 Å². The van der Waals surface area contributed by atoms with Gasteiger partial charge >= 0.3 is 0 Å². The van der Waals surface area contributed by atoms with Crippen molar-refractivity contribution in [2.75, 3.05) is 18.1 Å². The fraction of sp³-hybridized carbons (Fsp3) is 0.125. The Kier molecular flexibility index (Phi) is 6.03. The summed E-state index contributed by atoms with van der Waals surface area (Å²) in [5.74, 6) is -3.99. The normalized spacial score (nSPS) is 11.0. The lowest BCUT2D eigenvalue weighted by Gasteiger charge is -2.08. The summed E-state index contributed by atoms with van der Waals surface area (Å²) in [6.45, 7) is -0.602. The average Bonchev–Trinajstić information content (AvgIpc) is 2.61. The van der Waals surface area contributed by atoms with Gasteiger partial charge in [-0.3, -0.25) is 19.7 Å². The number of nitro groups is 1. The van der Waals surface area contributed by atoms with Gasteiger partial charge < -0.3 is 10.6 Å². The lowest BCUT2D eigenvalue weighted by molar-refractivity contribution is -0.385. The first-order valence-corrected chi connectivity index (χ1v) is 9.39. The first-order chi connectivity index (χ1) is 13.0. The molecule has 12 heteroatoms. The highest BCUT2D eigenvalue weighted by molar-refractivity contribution is 7.90. The minimum Gasteiger partial charge on any atom is -0.343 e. The molecular formula is C16H13F2N3O6S. The van der Waals surface area contributed by atoms with Crippen molar-refractivity contribution in [1.82, 2.24) is 5.32 Å². The summed E-state index contributed by atoms with van der Waals surface area (Å²) in [6, 6.07) is 5.26. The third-order valence-electron chi connectivity index (χ3n) is 3.41. The molecule has 0 spiro atoms. The van der Waals surface area contributed by atoms with Gasteiger partial charge in [-0.2, -0.15) is 0 Å². The molecule has 2 N–H and O–H groups in total. The summed E-state index contributed by atoms with van der Waals surface area (Å²) in [5.41, 5.74) is -0.998. The molecule has 28 heavy (non-hydrogen) atoms. The van der Waals surface area contributed by atoms with Crippen molar-refractivity contribution in [3.8, 4) is 0 Å². The molecule has 0 aliphatic rings. The molecule has 0 aliphatic carbocycles. The third-order valence-corrected chi connectivity index (χ3v) is 4.50. The van der Waals surface area contributed by atoms with Crippen LogP contribution in [0.15, 0.2) is 41.3 Å². The Morgan fingerprint density at radius 3 is 2.36 bits per heavy atom. The molecule has 2 amide bonds. The Labute approximate surface area is 157 Å². The number of benzene rings is 2. The molecule has 0 radical (unpaired) electrons. The predicted octanol–water partition coefficient (Wildman–Crippen LogP) is 1.64. The summed E-state index contributed by atoms with van der Waals surface area (Å²) >= 11 is 0. The maximum atomic E-state index is 13.1. The highest BCUT2D eigenvalue weighted by Gasteiger charge is 2.19. The predicted molar refractivity (Wildman–Crippen MR) is 93.5 cm³/mol. The van der Waals surface area contributed by atoms with Crippen LogP contribution in [0.4, 0.5) is 20.2 Å². The van der Waals surface area contributed by atoms with Crippen molar-refractivity contribution in [2.45, 2.75) is 4.90 Å². The van der Waals surface area contributed by atoms with E-state index in [-0.39, 0.29) is 11.3 Å². The van der Waals surface area contributed by atoms with E-state index in [1.807, 2.05) is 0 Å². The number of halogens is 2. The maximum absolute atomic E-state index is 13.1. The monoisotopic (exact) mass is 413 g/mol. The Morgan fingerprint density at radius 2 is 1.79 bits per heavy atom. The van der Waals surface area contributed by atoms with E-state index in [1.165, 1.54) is 0 Å². The highest BCUT2D eigenvalue weighted by Crippen LogP contribution is 2.21. The van der Waals surface area contributed by atoms with Crippen LogP contribution in [0.3, 0.4) is 0 Å². The maximum Gasteiger partial charge on any atom is 0.271 e. The number of nitrogens with zero attached hydrogens (tertiary/aromatic N) is 1. The third kappa shape index (κ3) is 5.30. The van der Waals surface area contributed by atoms with Gasteiger partial charge in [-0.1, -0.05) is 0 Å². The van der Waals surface area contributed by atoms with Crippen LogP contribution in [0.1, 0.15) is 10.4 Å². The summed E-state index contributed by atoms with van der Waals surface area (Å²) in [4.78, 5) is 33.6.